The first kappa shape index (κ1) is 18.2. The second-order valence-electron chi connectivity index (χ2n) is 5.60. The molecule has 4 nitrogen and oxygen atoms in total. The van der Waals surface area contributed by atoms with Gasteiger partial charge in [-0.1, -0.05) is 42.5 Å². The Morgan fingerprint density at radius 2 is 1.73 bits per heavy atom. The van der Waals surface area contributed by atoms with Crippen LogP contribution in [0.25, 0.3) is 21.6 Å². The van der Waals surface area contributed by atoms with Gasteiger partial charge < -0.3 is 10.1 Å². The Hall–Kier alpha value is -2.63. The molecule has 4 aromatic rings. The van der Waals surface area contributed by atoms with Crippen LogP contribution in [0.15, 0.2) is 66.0 Å². The lowest BCUT2D eigenvalue weighted by atomic mass is 10.2. The van der Waals surface area contributed by atoms with Gasteiger partial charge in [-0.3, -0.25) is 0 Å². The summed E-state index contributed by atoms with van der Waals surface area (Å²) in [7, 11) is 1.67. The summed E-state index contributed by atoms with van der Waals surface area (Å²) in [6.07, 6.45) is 0. The summed E-state index contributed by atoms with van der Waals surface area (Å²) in [5, 5.41) is 5.50. The highest BCUT2D eigenvalue weighted by atomic mass is 35.5. The molecule has 0 bridgehead atoms. The third-order valence-corrected chi connectivity index (χ3v) is 4.86. The number of ether oxygens (including phenoxy) is 1. The highest BCUT2D eigenvalue weighted by Crippen LogP contribution is 2.29. The van der Waals surface area contributed by atoms with Crippen LogP contribution in [-0.4, -0.2) is 17.1 Å². The van der Waals surface area contributed by atoms with E-state index < -0.39 is 0 Å². The van der Waals surface area contributed by atoms with Crippen LogP contribution < -0.4 is 10.1 Å². The number of nitrogens with zero attached hydrogens (tertiary/aromatic N) is 2. The van der Waals surface area contributed by atoms with Crippen molar-refractivity contribution in [1.29, 1.82) is 0 Å². The van der Waals surface area contributed by atoms with E-state index >= 15 is 0 Å². The van der Waals surface area contributed by atoms with Gasteiger partial charge in [-0.05, 0) is 29.1 Å². The molecule has 0 fully saturated rings. The number of anilines is 1. The number of rotatable bonds is 5. The van der Waals surface area contributed by atoms with Crippen LogP contribution in [-0.2, 0) is 6.54 Å². The van der Waals surface area contributed by atoms with Gasteiger partial charge in [-0.25, -0.2) is 9.97 Å². The molecule has 132 valence electrons. The average molecular weight is 384 g/mol. The molecule has 2 aromatic carbocycles. The summed E-state index contributed by atoms with van der Waals surface area (Å²) >= 11 is 1.65. The maximum Gasteiger partial charge on any atom is 0.162 e. The highest BCUT2D eigenvalue weighted by Gasteiger charge is 2.10. The van der Waals surface area contributed by atoms with E-state index in [4.69, 9.17) is 9.72 Å². The SMILES string of the molecule is COc1ccc(CNc2nc(-c3ccccc3)nc3ccsc23)cc1.Cl. The lowest BCUT2D eigenvalue weighted by molar-refractivity contribution is 0.414. The molecule has 4 rings (SSSR count). The number of benzene rings is 2. The van der Waals surface area contributed by atoms with Crippen LogP contribution in [0.2, 0.25) is 0 Å². The van der Waals surface area contributed by atoms with E-state index in [1.165, 1.54) is 5.56 Å². The smallest absolute Gasteiger partial charge is 0.162 e. The Labute approximate surface area is 162 Å². The molecular weight excluding hydrogens is 366 g/mol. The molecule has 2 aromatic heterocycles. The number of hydrogen-bond donors (Lipinski definition) is 1. The number of nitrogens with one attached hydrogen (secondary N) is 1. The van der Waals surface area contributed by atoms with Crippen LogP contribution in [0.3, 0.4) is 0 Å². The second kappa shape index (κ2) is 8.17. The fourth-order valence-electron chi connectivity index (χ4n) is 2.63. The molecule has 0 amide bonds. The van der Waals surface area contributed by atoms with Gasteiger partial charge in [0.2, 0.25) is 0 Å². The standard InChI is InChI=1S/C20H17N3OS.ClH/c1-24-16-9-7-14(8-10-16)13-21-20-18-17(11-12-25-18)22-19(23-20)15-5-3-2-4-6-15;/h2-12H,13H2,1H3,(H,21,22,23);1H. The highest BCUT2D eigenvalue weighted by molar-refractivity contribution is 7.17. The number of fused-ring (bicyclic) bond motifs is 1. The van der Waals surface area contributed by atoms with E-state index in [1.807, 2.05) is 53.9 Å². The van der Waals surface area contributed by atoms with E-state index in [-0.39, 0.29) is 12.4 Å². The first-order chi connectivity index (χ1) is 12.3. The molecule has 0 aliphatic rings. The molecule has 2 heterocycles. The summed E-state index contributed by atoms with van der Waals surface area (Å²) in [5.74, 6) is 2.47. The van der Waals surface area contributed by atoms with Crippen LogP contribution in [0.4, 0.5) is 5.82 Å². The molecule has 0 saturated carbocycles. The molecule has 26 heavy (non-hydrogen) atoms. The Bertz CT molecular complexity index is 987. The van der Waals surface area contributed by atoms with E-state index in [2.05, 4.69) is 22.4 Å². The third-order valence-electron chi connectivity index (χ3n) is 3.95. The van der Waals surface area contributed by atoms with E-state index in [1.54, 1.807) is 18.4 Å². The largest absolute Gasteiger partial charge is 0.497 e. The fraction of sp³-hybridized carbons (Fsp3) is 0.100. The van der Waals surface area contributed by atoms with E-state index in [0.717, 1.165) is 33.2 Å². The lowest BCUT2D eigenvalue weighted by Crippen LogP contribution is -2.03. The van der Waals surface area contributed by atoms with Crippen LogP contribution in [0.5, 0.6) is 5.75 Å². The Kier molecular flexibility index (Phi) is 5.71. The van der Waals surface area contributed by atoms with Crippen molar-refractivity contribution in [2.45, 2.75) is 6.54 Å². The Balaban J connectivity index is 0.00000196. The van der Waals surface area contributed by atoms with Crippen molar-refractivity contribution in [1.82, 2.24) is 9.97 Å². The maximum atomic E-state index is 5.20. The quantitative estimate of drug-likeness (QED) is 0.501. The van der Waals surface area contributed by atoms with Gasteiger partial charge in [-0.15, -0.1) is 23.7 Å². The molecule has 0 aliphatic carbocycles. The van der Waals surface area contributed by atoms with Gasteiger partial charge in [0.1, 0.15) is 11.6 Å². The molecular formula is C20H18ClN3OS. The Morgan fingerprint density at radius 3 is 2.46 bits per heavy atom. The van der Waals surface area contributed by atoms with Crippen LogP contribution in [0.1, 0.15) is 5.56 Å². The fourth-order valence-corrected chi connectivity index (χ4v) is 3.43. The third kappa shape index (κ3) is 3.79. The van der Waals surface area contributed by atoms with Gasteiger partial charge in [0.05, 0.1) is 17.3 Å². The maximum absolute atomic E-state index is 5.20. The summed E-state index contributed by atoms with van der Waals surface area (Å²) in [4.78, 5) is 9.44. The van der Waals surface area contributed by atoms with Gasteiger partial charge in [0, 0.05) is 12.1 Å². The van der Waals surface area contributed by atoms with Crippen molar-refractivity contribution in [2.24, 2.45) is 0 Å². The first-order valence-electron chi connectivity index (χ1n) is 8.01. The van der Waals surface area contributed by atoms with Crippen LogP contribution >= 0.6 is 23.7 Å². The molecule has 0 saturated heterocycles. The normalized spacial score (nSPS) is 10.3. The molecule has 0 aliphatic heterocycles. The second-order valence-corrected chi connectivity index (χ2v) is 6.51. The summed E-state index contributed by atoms with van der Waals surface area (Å²) in [5.41, 5.74) is 3.16. The summed E-state index contributed by atoms with van der Waals surface area (Å²) in [6.45, 7) is 0.697. The van der Waals surface area contributed by atoms with E-state index in [0.29, 0.717) is 6.54 Å². The molecule has 0 atom stereocenters. The number of hydrogen-bond acceptors (Lipinski definition) is 5. The zero-order valence-electron chi connectivity index (χ0n) is 14.2. The van der Waals surface area contributed by atoms with Gasteiger partial charge in [0.25, 0.3) is 0 Å². The predicted molar refractivity (Wildman–Crippen MR) is 110 cm³/mol. The number of thiophene rings is 1. The molecule has 1 N–H and O–H groups in total. The summed E-state index contributed by atoms with van der Waals surface area (Å²) < 4.78 is 6.28. The summed E-state index contributed by atoms with van der Waals surface area (Å²) in [6, 6.07) is 20.1. The molecule has 0 spiro atoms. The van der Waals surface area contributed by atoms with Crippen molar-refractivity contribution >= 4 is 39.8 Å². The first-order valence-corrected chi connectivity index (χ1v) is 8.89. The minimum absolute atomic E-state index is 0. The zero-order chi connectivity index (χ0) is 17.1. The van der Waals surface area contributed by atoms with Gasteiger partial charge in [-0.2, -0.15) is 0 Å². The topological polar surface area (TPSA) is 47.0 Å². The Morgan fingerprint density at radius 1 is 0.962 bits per heavy atom. The minimum Gasteiger partial charge on any atom is -0.497 e. The van der Waals surface area contributed by atoms with E-state index in [9.17, 15) is 0 Å². The lowest BCUT2D eigenvalue weighted by Gasteiger charge is -2.09. The molecule has 0 unspecified atom stereocenters. The zero-order valence-corrected chi connectivity index (χ0v) is 15.8. The number of aromatic nitrogens is 2. The van der Waals surface area contributed by atoms with Crippen molar-refractivity contribution in [3.8, 4) is 17.1 Å². The van der Waals surface area contributed by atoms with Crippen molar-refractivity contribution in [3.05, 3.63) is 71.6 Å². The van der Waals surface area contributed by atoms with Crippen molar-refractivity contribution in [3.63, 3.8) is 0 Å². The average Bonchev–Trinajstić information content (AvgIpc) is 3.16. The van der Waals surface area contributed by atoms with Gasteiger partial charge in [0.15, 0.2) is 5.82 Å². The monoisotopic (exact) mass is 383 g/mol. The number of methoxy groups -OCH3 is 1. The minimum atomic E-state index is 0. The molecule has 6 heteroatoms. The van der Waals surface area contributed by atoms with Crippen LogP contribution in [0, 0.1) is 0 Å². The van der Waals surface area contributed by atoms with Crippen molar-refractivity contribution in [2.75, 3.05) is 12.4 Å². The molecule has 0 radical (unpaired) electrons. The predicted octanol–water partition coefficient (Wildman–Crippen LogP) is 5.40. The van der Waals surface area contributed by atoms with Gasteiger partial charge >= 0.3 is 0 Å². The number of halogens is 1. The van der Waals surface area contributed by atoms with Crippen molar-refractivity contribution < 1.29 is 4.74 Å².